The molecule has 0 aliphatic rings. The van der Waals surface area contributed by atoms with E-state index in [0.717, 1.165) is 5.75 Å². The topological polar surface area (TPSA) is 62.2 Å². The van der Waals surface area contributed by atoms with Crippen LogP contribution in [-0.4, -0.2) is 21.8 Å². The van der Waals surface area contributed by atoms with Gasteiger partial charge in [0, 0.05) is 11.9 Å². The molecule has 1 heterocycles. The highest BCUT2D eigenvalue weighted by atomic mass is 32.2. The van der Waals surface area contributed by atoms with Crippen molar-refractivity contribution in [3.05, 3.63) is 23.9 Å². The van der Waals surface area contributed by atoms with Crippen LogP contribution < -0.4 is 4.72 Å². The monoisotopic (exact) mass is 198 g/mol. The number of anilines is 1. The maximum Gasteiger partial charge on any atom is 0.335 e. The van der Waals surface area contributed by atoms with Gasteiger partial charge in [-0.15, -0.1) is 0 Å². The zero-order valence-electron chi connectivity index (χ0n) is 7.15. The van der Waals surface area contributed by atoms with Gasteiger partial charge in [0.2, 0.25) is 0 Å². The summed E-state index contributed by atoms with van der Waals surface area (Å²) in [6.07, 6.45) is 1.47. The number of carbonyl (C=O) groups is 1. The highest BCUT2D eigenvalue weighted by molar-refractivity contribution is 8.00. The molecule has 1 aromatic rings. The first-order valence-electron chi connectivity index (χ1n) is 3.81. The average Bonchev–Trinajstić information content (AvgIpc) is 2.15. The number of hydrogen-bond acceptors (Lipinski definition) is 4. The zero-order chi connectivity index (χ0) is 9.68. The average molecular weight is 198 g/mol. The van der Waals surface area contributed by atoms with E-state index in [2.05, 4.69) is 9.71 Å². The van der Waals surface area contributed by atoms with Crippen molar-refractivity contribution in [3.8, 4) is 0 Å². The number of carboxylic acid groups (broad SMARTS) is 1. The quantitative estimate of drug-likeness (QED) is 0.723. The second-order valence-corrected chi connectivity index (χ2v) is 3.34. The van der Waals surface area contributed by atoms with Crippen LogP contribution in [0.2, 0.25) is 0 Å². The van der Waals surface area contributed by atoms with Crippen molar-refractivity contribution in [2.24, 2.45) is 0 Å². The van der Waals surface area contributed by atoms with Gasteiger partial charge < -0.3 is 9.83 Å². The molecule has 5 heteroatoms. The lowest BCUT2D eigenvalue weighted by molar-refractivity contribution is 0.0697. The van der Waals surface area contributed by atoms with Crippen molar-refractivity contribution >= 4 is 23.7 Å². The lowest BCUT2D eigenvalue weighted by Crippen LogP contribution is -1.98. The largest absolute Gasteiger partial charge is 0.478 e. The van der Waals surface area contributed by atoms with E-state index in [-0.39, 0.29) is 5.56 Å². The Labute approximate surface area is 80.5 Å². The Morgan fingerprint density at radius 1 is 1.77 bits per heavy atom. The molecule has 1 rings (SSSR count). The van der Waals surface area contributed by atoms with Crippen LogP contribution in [0.15, 0.2) is 18.3 Å². The fourth-order valence-corrected chi connectivity index (χ4v) is 1.17. The first-order chi connectivity index (χ1) is 6.24. The van der Waals surface area contributed by atoms with Gasteiger partial charge in [-0.25, -0.2) is 9.78 Å². The highest BCUT2D eigenvalue weighted by Crippen LogP contribution is 2.10. The van der Waals surface area contributed by atoms with E-state index in [0.29, 0.717) is 5.82 Å². The van der Waals surface area contributed by atoms with Crippen molar-refractivity contribution in [1.82, 2.24) is 4.98 Å². The molecule has 13 heavy (non-hydrogen) atoms. The molecule has 1 aromatic heterocycles. The van der Waals surface area contributed by atoms with E-state index < -0.39 is 5.97 Å². The first kappa shape index (κ1) is 9.85. The fourth-order valence-electron chi connectivity index (χ4n) is 0.765. The van der Waals surface area contributed by atoms with Crippen LogP contribution in [0.1, 0.15) is 17.3 Å². The normalized spacial score (nSPS) is 9.62. The standard InChI is InChI=1S/C8H10N2O2S/c1-2-13-10-7-5-6(8(11)12)3-4-9-7/h3-5H,2H2,1H3,(H,9,10)(H,11,12). The van der Waals surface area contributed by atoms with Crippen molar-refractivity contribution in [2.75, 3.05) is 10.5 Å². The summed E-state index contributed by atoms with van der Waals surface area (Å²) >= 11 is 1.48. The summed E-state index contributed by atoms with van der Waals surface area (Å²) in [5, 5.41) is 8.67. The molecule has 0 spiro atoms. The van der Waals surface area contributed by atoms with Crippen LogP contribution in [0.3, 0.4) is 0 Å². The van der Waals surface area contributed by atoms with Crippen LogP contribution in [0.25, 0.3) is 0 Å². The SMILES string of the molecule is CCSNc1cc(C(=O)O)ccn1. The minimum absolute atomic E-state index is 0.245. The third kappa shape index (κ3) is 2.95. The van der Waals surface area contributed by atoms with Gasteiger partial charge in [-0.05, 0) is 12.1 Å². The van der Waals surface area contributed by atoms with Crippen LogP contribution in [0.5, 0.6) is 0 Å². The summed E-state index contributed by atoms with van der Waals surface area (Å²) in [4.78, 5) is 14.5. The maximum atomic E-state index is 10.6. The number of hydrogen-bond donors (Lipinski definition) is 2. The molecule has 0 aliphatic carbocycles. The Kier molecular flexibility index (Phi) is 3.57. The van der Waals surface area contributed by atoms with E-state index >= 15 is 0 Å². The van der Waals surface area contributed by atoms with Crippen molar-refractivity contribution < 1.29 is 9.90 Å². The summed E-state index contributed by atoms with van der Waals surface area (Å²) in [7, 11) is 0. The van der Waals surface area contributed by atoms with E-state index in [9.17, 15) is 4.79 Å². The van der Waals surface area contributed by atoms with Crippen LogP contribution in [-0.2, 0) is 0 Å². The molecule has 0 unspecified atom stereocenters. The number of nitrogens with one attached hydrogen (secondary N) is 1. The third-order valence-electron chi connectivity index (χ3n) is 1.33. The summed E-state index contributed by atoms with van der Waals surface area (Å²) < 4.78 is 2.93. The van der Waals surface area contributed by atoms with Crippen molar-refractivity contribution in [3.63, 3.8) is 0 Å². The molecular weight excluding hydrogens is 188 g/mol. The van der Waals surface area contributed by atoms with Gasteiger partial charge in [0.05, 0.1) is 5.56 Å². The molecule has 4 nitrogen and oxygen atoms in total. The first-order valence-corrected chi connectivity index (χ1v) is 4.79. The molecular formula is C8H10N2O2S. The lowest BCUT2D eigenvalue weighted by atomic mass is 10.3. The zero-order valence-corrected chi connectivity index (χ0v) is 7.97. The van der Waals surface area contributed by atoms with E-state index in [1.165, 1.54) is 30.3 Å². The van der Waals surface area contributed by atoms with Crippen LogP contribution in [0, 0.1) is 0 Å². The van der Waals surface area contributed by atoms with Gasteiger partial charge in [0.1, 0.15) is 5.82 Å². The Morgan fingerprint density at radius 2 is 2.54 bits per heavy atom. The van der Waals surface area contributed by atoms with Gasteiger partial charge in [0.25, 0.3) is 0 Å². The second kappa shape index (κ2) is 4.71. The van der Waals surface area contributed by atoms with Crippen molar-refractivity contribution in [2.45, 2.75) is 6.92 Å². The Hall–Kier alpha value is -1.23. The van der Waals surface area contributed by atoms with Gasteiger partial charge in [-0.2, -0.15) is 0 Å². The molecule has 0 aliphatic heterocycles. The van der Waals surface area contributed by atoms with Gasteiger partial charge >= 0.3 is 5.97 Å². The predicted octanol–water partition coefficient (Wildman–Crippen LogP) is 1.86. The molecule has 2 N–H and O–H groups in total. The molecule has 0 saturated carbocycles. The van der Waals surface area contributed by atoms with E-state index in [4.69, 9.17) is 5.11 Å². The molecule has 0 aromatic carbocycles. The molecule has 0 bridgehead atoms. The van der Waals surface area contributed by atoms with Crippen molar-refractivity contribution in [1.29, 1.82) is 0 Å². The predicted molar refractivity (Wildman–Crippen MR) is 53.0 cm³/mol. The number of nitrogens with zero attached hydrogens (tertiary/aromatic N) is 1. The Balaban J connectivity index is 2.73. The summed E-state index contributed by atoms with van der Waals surface area (Å²) in [5.74, 6) is 0.539. The second-order valence-electron chi connectivity index (χ2n) is 2.27. The van der Waals surface area contributed by atoms with Gasteiger partial charge in [0.15, 0.2) is 0 Å². The number of carboxylic acids is 1. The van der Waals surface area contributed by atoms with E-state index in [1.807, 2.05) is 6.92 Å². The van der Waals surface area contributed by atoms with Crippen LogP contribution >= 0.6 is 11.9 Å². The van der Waals surface area contributed by atoms with E-state index in [1.54, 1.807) is 0 Å². The molecule has 0 radical (unpaired) electrons. The molecule has 0 atom stereocenters. The minimum Gasteiger partial charge on any atom is -0.478 e. The number of aromatic carboxylic acids is 1. The molecule has 0 saturated heterocycles. The third-order valence-corrected chi connectivity index (χ3v) is 1.97. The Bertz CT molecular complexity index is 304. The number of aromatic nitrogens is 1. The number of rotatable bonds is 4. The Morgan fingerprint density at radius 3 is 3.15 bits per heavy atom. The molecule has 0 amide bonds. The number of pyridine rings is 1. The summed E-state index contributed by atoms with van der Waals surface area (Å²) in [5.41, 5.74) is 0.245. The highest BCUT2D eigenvalue weighted by Gasteiger charge is 2.02. The maximum absolute atomic E-state index is 10.6. The molecule has 0 fully saturated rings. The fraction of sp³-hybridized carbons (Fsp3) is 0.250. The summed E-state index contributed by atoms with van der Waals surface area (Å²) in [6, 6.07) is 2.97. The summed E-state index contributed by atoms with van der Waals surface area (Å²) in [6.45, 7) is 2.00. The lowest BCUT2D eigenvalue weighted by Gasteiger charge is -2.02. The molecule has 70 valence electrons. The van der Waals surface area contributed by atoms with Crippen LogP contribution in [0.4, 0.5) is 5.82 Å². The smallest absolute Gasteiger partial charge is 0.335 e. The van der Waals surface area contributed by atoms with Gasteiger partial charge in [-0.1, -0.05) is 18.9 Å². The minimum atomic E-state index is -0.938. The van der Waals surface area contributed by atoms with Gasteiger partial charge in [-0.3, -0.25) is 0 Å².